The molecular formula is C18H24N4O3S. The van der Waals surface area contributed by atoms with Crippen LogP contribution in [0.3, 0.4) is 0 Å². The molecule has 2 aromatic rings. The third-order valence-corrected chi connectivity index (χ3v) is 5.91. The summed E-state index contributed by atoms with van der Waals surface area (Å²) in [5.41, 5.74) is 0. The number of anilines is 1. The maximum Gasteiger partial charge on any atom is 0.244 e. The number of hydrogen-bond acceptors (Lipinski definition) is 6. The molecule has 0 radical (unpaired) electrons. The van der Waals surface area contributed by atoms with Gasteiger partial charge in [0.25, 0.3) is 0 Å². The number of hydrogen-bond donors (Lipinski definition) is 1. The molecule has 1 aromatic heterocycles. The normalized spacial score (nSPS) is 15.8. The number of piperidine rings is 1. The van der Waals surface area contributed by atoms with Gasteiger partial charge in [-0.05, 0) is 43.9 Å². The van der Waals surface area contributed by atoms with Crippen molar-refractivity contribution in [2.75, 3.05) is 31.1 Å². The highest BCUT2D eigenvalue weighted by molar-refractivity contribution is 7.89. The van der Waals surface area contributed by atoms with Crippen molar-refractivity contribution in [3.8, 4) is 5.75 Å². The summed E-state index contributed by atoms with van der Waals surface area (Å²) >= 11 is 0. The van der Waals surface area contributed by atoms with Gasteiger partial charge in [-0.1, -0.05) is 12.1 Å². The predicted molar refractivity (Wildman–Crippen MR) is 99.8 cm³/mol. The van der Waals surface area contributed by atoms with Crippen molar-refractivity contribution in [3.05, 3.63) is 42.7 Å². The minimum Gasteiger partial charge on any atom is -0.492 e. The van der Waals surface area contributed by atoms with E-state index in [9.17, 15) is 8.42 Å². The number of para-hydroxylation sites is 1. The molecule has 1 N–H and O–H groups in total. The summed E-state index contributed by atoms with van der Waals surface area (Å²) in [6.07, 6.45) is 5.26. The van der Waals surface area contributed by atoms with E-state index in [0.717, 1.165) is 31.9 Å². The third-order valence-electron chi connectivity index (χ3n) is 4.45. The molecule has 0 aliphatic carbocycles. The average molecular weight is 376 g/mol. The molecule has 1 fully saturated rings. The van der Waals surface area contributed by atoms with Gasteiger partial charge < -0.3 is 9.64 Å². The van der Waals surface area contributed by atoms with Crippen LogP contribution >= 0.6 is 0 Å². The van der Waals surface area contributed by atoms with Gasteiger partial charge in [-0.2, -0.15) is 0 Å². The van der Waals surface area contributed by atoms with Crippen LogP contribution in [0.15, 0.2) is 47.6 Å². The number of benzene rings is 1. The highest BCUT2D eigenvalue weighted by Crippen LogP contribution is 2.24. The van der Waals surface area contributed by atoms with Gasteiger partial charge in [-0.25, -0.2) is 23.1 Å². The Hall–Kier alpha value is -2.19. The average Bonchev–Trinajstić information content (AvgIpc) is 2.68. The first-order valence-corrected chi connectivity index (χ1v) is 10.3. The van der Waals surface area contributed by atoms with E-state index in [4.69, 9.17) is 4.74 Å². The molecule has 0 atom stereocenters. The first-order chi connectivity index (χ1) is 12.6. The molecule has 2 heterocycles. The summed E-state index contributed by atoms with van der Waals surface area (Å²) in [4.78, 5) is 10.9. The standard InChI is InChI=1S/C18H24N4O3S/c1-2-25-16-6-3-4-7-17(16)26(23,24)21-14-15-8-12-22(13-9-15)18-19-10-5-11-20-18/h3-7,10-11,15,21H,2,8-9,12-14H2,1H3. The van der Waals surface area contributed by atoms with Gasteiger partial charge in [0.1, 0.15) is 10.6 Å². The Bertz CT molecular complexity index is 806. The lowest BCUT2D eigenvalue weighted by atomic mass is 9.97. The Balaban J connectivity index is 1.56. The Kier molecular flexibility index (Phi) is 6.05. The zero-order valence-electron chi connectivity index (χ0n) is 14.8. The molecule has 0 unspecified atom stereocenters. The number of aromatic nitrogens is 2. The molecule has 3 rings (SSSR count). The van der Waals surface area contributed by atoms with Gasteiger partial charge >= 0.3 is 0 Å². The Morgan fingerprint density at radius 3 is 2.54 bits per heavy atom. The Morgan fingerprint density at radius 1 is 1.15 bits per heavy atom. The van der Waals surface area contributed by atoms with Crippen molar-refractivity contribution < 1.29 is 13.2 Å². The zero-order chi connectivity index (χ0) is 18.4. The maximum atomic E-state index is 12.6. The van der Waals surface area contributed by atoms with Gasteiger partial charge in [-0.3, -0.25) is 0 Å². The molecule has 1 aliphatic heterocycles. The second-order valence-electron chi connectivity index (χ2n) is 6.21. The third kappa shape index (κ3) is 4.50. The number of nitrogens with one attached hydrogen (secondary N) is 1. The maximum absolute atomic E-state index is 12.6. The fourth-order valence-electron chi connectivity index (χ4n) is 3.04. The van der Waals surface area contributed by atoms with Crippen molar-refractivity contribution in [2.24, 2.45) is 5.92 Å². The van der Waals surface area contributed by atoms with Crippen molar-refractivity contribution in [2.45, 2.75) is 24.7 Å². The quantitative estimate of drug-likeness (QED) is 0.796. The largest absolute Gasteiger partial charge is 0.492 e. The van der Waals surface area contributed by atoms with E-state index in [2.05, 4.69) is 19.6 Å². The second kappa shape index (κ2) is 8.46. The van der Waals surface area contributed by atoms with Crippen LogP contribution < -0.4 is 14.4 Å². The molecule has 0 saturated carbocycles. The smallest absolute Gasteiger partial charge is 0.244 e. The van der Waals surface area contributed by atoms with Gasteiger partial charge in [-0.15, -0.1) is 0 Å². The first kappa shape index (κ1) is 18.6. The molecule has 1 aromatic carbocycles. The monoisotopic (exact) mass is 376 g/mol. The number of rotatable bonds is 7. The van der Waals surface area contributed by atoms with E-state index < -0.39 is 10.0 Å². The molecule has 7 nitrogen and oxygen atoms in total. The molecule has 140 valence electrons. The van der Waals surface area contributed by atoms with Crippen LogP contribution in [0.2, 0.25) is 0 Å². The van der Waals surface area contributed by atoms with Crippen LogP contribution in [-0.4, -0.2) is 44.6 Å². The Labute approximate surface area is 154 Å². The topological polar surface area (TPSA) is 84.4 Å². The lowest BCUT2D eigenvalue weighted by Crippen LogP contribution is -2.39. The number of sulfonamides is 1. The highest BCUT2D eigenvalue weighted by Gasteiger charge is 2.24. The van der Waals surface area contributed by atoms with Crippen LogP contribution in [-0.2, 0) is 10.0 Å². The second-order valence-corrected chi connectivity index (χ2v) is 7.95. The van der Waals surface area contributed by atoms with E-state index in [1.165, 1.54) is 0 Å². The molecule has 26 heavy (non-hydrogen) atoms. The van der Waals surface area contributed by atoms with Gasteiger partial charge in [0.2, 0.25) is 16.0 Å². The fourth-order valence-corrected chi connectivity index (χ4v) is 4.30. The van der Waals surface area contributed by atoms with Crippen LogP contribution in [0.1, 0.15) is 19.8 Å². The highest BCUT2D eigenvalue weighted by atomic mass is 32.2. The van der Waals surface area contributed by atoms with Crippen molar-refractivity contribution in [1.29, 1.82) is 0 Å². The van der Waals surface area contributed by atoms with E-state index >= 15 is 0 Å². The summed E-state index contributed by atoms with van der Waals surface area (Å²) in [5, 5.41) is 0. The zero-order valence-corrected chi connectivity index (χ0v) is 15.7. The summed E-state index contributed by atoms with van der Waals surface area (Å²) in [6.45, 7) is 4.33. The molecule has 1 aliphatic rings. The molecular weight excluding hydrogens is 352 g/mol. The van der Waals surface area contributed by atoms with E-state index in [1.54, 1.807) is 42.7 Å². The lowest BCUT2D eigenvalue weighted by molar-refractivity contribution is 0.330. The molecule has 1 saturated heterocycles. The van der Waals surface area contributed by atoms with Crippen LogP contribution in [0.5, 0.6) is 5.75 Å². The van der Waals surface area contributed by atoms with Gasteiger partial charge in [0.15, 0.2) is 0 Å². The van der Waals surface area contributed by atoms with Crippen molar-refractivity contribution in [1.82, 2.24) is 14.7 Å². The van der Waals surface area contributed by atoms with Gasteiger partial charge in [0.05, 0.1) is 6.61 Å². The summed E-state index contributed by atoms with van der Waals surface area (Å²) in [7, 11) is -3.59. The first-order valence-electron chi connectivity index (χ1n) is 8.83. The minimum atomic E-state index is -3.59. The Morgan fingerprint density at radius 2 is 1.85 bits per heavy atom. The van der Waals surface area contributed by atoms with Crippen LogP contribution in [0.25, 0.3) is 0 Å². The van der Waals surface area contributed by atoms with Gasteiger partial charge in [0, 0.05) is 32.0 Å². The molecule has 8 heteroatoms. The fraction of sp³-hybridized carbons (Fsp3) is 0.444. The van der Waals surface area contributed by atoms with Crippen molar-refractivity contribution >= 4 is 16.0 Å². The summed E-state index contributed by atoms with van der Waals surface area (Å²) in [5.74, 6) is 1.42. The summed E-state index contributed by atoms with van der Waals surface area (Å²) in [6, 6.07) is 8.52. The van der Waals surface area contributed by atoms with E-state index in [-0.39, 0.29) is 4.90 Å². The SMILES string of the molecule is CCOc1ccccc1S(=O)(=O)NCC1CCN(c2ncccn2)CC1. The molecule has 0 spiro atoms. The van der Waals surface area contributed by atoms with E-state index in [1.807, 2.05) is 6.92 Å². The number of ether oxygens (including phenoxy) is 1. The molecule has 0 amide bonds. The summed E-state index contributed by atoms with van der Waals surface area (Å²) < 4.78 is 33.4. The molecule has 0 bridgehead atoms. The van der Waals surface area contributed by atoms with Crippen LogP contribution in [0.4, 0.5) is 5.95 Å². The predicted octanol–water partition coefficient (Wildman–Crippen LogP) is 2.07. The van der Waals surface area contributed by atoms with Crippen molar-refractivity contribution in [3.63, 3.8) is 0 Å². The van der Waals surface area contributed by atoms with Crippen LogP contribution in [0, 0.1) is 5.92 Å². The van der Waals surface area contributed by atoms with E-state index in [0.29, 0.717) is 24.8 Å². The number of nitrogens with zero attached hydrogens (tertiary/aromatic N) is 3. The lowest BCUT2D eigenvalue weighted by Gasteiger charge is -2.31. The minimum absolute atomic E-state index is 0.192.